The Balaban J connectivity index is 2.47. The van der Waals surface area contributed by atoms with Gasteiger partial charge in [-0.1, -0.05) is 55.6 Å². The second-order valence-corrected chi connectivity index (χ2v) is 5.67. The maximum Gasteiger partial charge on any atom is 0.194 e. The first-order valence-electron chi connectivity index (χ1n) is 4.83. The summed E-state index contributed by atoms with van der Waals surface area (Å²) in [6.07, 6.45) is 0. The van der Waals surface area contributed by atoms with Crippen molar-refractivity contribution in [3.8, 4) is 0 Å². The van der Waals surface area contributed by atoms with E-state index >= 15 is 0 Å². The summed E-state index contributed by atoms with van der Waals surface area (Å²) >= 11 is 12.6. The van der Waals surface area contributed by atoms with Gasteiger partial charge in [-0.25, -0.2) is 0 Å². The van der Waals surface area contributed by atoms with Crippen LogP contribution >= 0.6 is 43.5 Å². The van der Waals surface area contributed by atoms with Crippen molar-refractivity contribution in [2.45, 2.75) is 0 Å². The first-order chi connectivity index (χ1) is 8.08. The number of ketones is 1. The van der Waals surface area contributed by atoms with Crippen molar-refractivity contribution >= 4 is 49.2 Å². The zero-order valence-corrected chi connectivity index (χ0v) is 12.5. The molecule has 17 heavy (non-hydrogen) atoms. The van der Waals surface area contributed by atoms with Crippen molar-refractivity contribution < 1.29 is 4.79 Å². The van der Waals surface area contributed by atoms with Crippen LogP contribution in [-0.2, 0) is 0 Å². The Morgan fingerprint density at radius 1 is 1.06 bits per heavy atom. The van der Waals surface area contributed by atoms with E-state index in [1.807, 2.05) is 12.1 Å². The molecule has 4 heteroatoms. The monoisotopic (exact) mass is 372 g/mol. The van der Waals surface area contributed by atoms with E-state index in [9.17, 15) is 4.79 Å². The molecule has 0 aliphatic rings. The van der Waals surface area contributed by atoms with Gasteiger partial charge in [-0.3, -0.25) is 4.79 Å². The maximum atomic E-state index is 12.3. The van der Waals surface area contributed by atoms with Crippen LogP contribution in [0.3, 0.4) is 0 Å². The van der Waals surface area contributed by atoms with Crippen LogP contribution in [-0.4, -0.2) is 5.78 Å². The van der Waals surface area contributed by atoms with Gasteiger partial charge in [-0.05, 0) is 30.3 Å². The van der Waals surface area contributed by atoms with E-state index in [0.717, 1.165) is 8.95 Å². The van der Waals surface area contributed by atoms with E-state index in [4.69, 9.17) is 11.6 Å². The van der Waals surface area contributed by atoms with Gasteiger partial charge in [-0.2, -0.15) is 0 Å². The predicted octanol–water partition coefficient (Wildman–Crippen LogP) is 5.10. The Morgan fingerprint density at radius 3 is 2.53 bits per heavy atom. The summed E-state index contributed by atoms with van der Waals surface area (Å²) in [7, 11) is 0. The van der Waals surface area contributed by atoms with Crippen LogP contribution in [0.5, 0.6) is 0 Å². The molecule has 0 saturated heterocycles. The first kappa shape index (κ1) is 12.8. The molecule has 0 spiro atoms. The molecule has 2 aromatic carbocycles. The van der Waals surface area contributed by atoms with Crippen LogP contribution < -0.4 is 0 Å². The van der Waals surface area contributed by atoms with Gasteiger partial charge in [0.25, 0.3) is 0 Å². The van der Waals surface area contributed by atoms with Crippen molar-refractivity contribution in [1.82, 2.24) is 0 Å². The standard InChI is InChI=1S/C13H7Br2ClO/c14-9-4-5-12(15)11(7-9)13(17)8-2-1-3-10(16)6-8/h1-7H. The van der Waals surface area contributed by atoms with Crippen molar-refractivity contribution in [3.05, 3.63) is 67.6 Å². The lowest BCUT2D eigenvalue weighted by atomic mass is 10.0. The summed E-state index contributed by atoms with van der Waals surface area (Å²) in [4.78, 5) is 12.3. The number of benzene rings is 2. The van der Waals surface area contributed by atoms with Gasteiger partial charge in [0.05, 0.1) is 0 Å². The topological polar surface area (TPSA) is 17.1 Å². The van der Waals surface area contributed by atoms with E-state index in [1.165, 1.54) is 0 Å². The third kappa shape index (κ3) is 2.97. The van der Waals surface area contributed by atoms with Crippen LogP contribution in [0.15, 0.2) is 51.4 Å². The maximum absolute atomic E-state index is 12.3. The summed E-state index contributed by atoms with van der Waals surface area (Å²) in [6.45, 7) is 0. The Labute approximate surface area is 121 Å². The molecule has 0 amide bonds. The molecule has 0 heterocycles. The van der Waals surface area contributed by atoms with Gasteiger partial charge in [0.2, 0.25) is 0 Å². The summed E-state index contributed by atoms with van der Waals surface area (Å²) in [5, 5.41) is 0.557. The molecule has 0 aliphatic carbocycles. The van der Waals surface area contributed by atoms with E-state index in [1.54, 1.807) is 30.3 Å². The average molecular weight is 374 g/mol. The van der Waals surface area contributed by atoms with Crippen LogP contribution in [0.1, 0.15) is 15.9 Å². The molecule has 0 atom stereocenters. The Hall–Kier alpha value is -0.640. The second-order valence-electron chi connectivity index (χ2n) is 3.46. The fraction of sp³-hybridized carbons (Fsp3) is 0. The van der Waals surface area contributed by atoms with Gasteiger partial charge < -0.3 is 0 Å². The smallest absolute Gasteiger partial charge is 0.194 e. The zero-order valence-electron chi connectivity index (χ0n) is 8.58. The lowest BCUT2D eigenvalue weighted by Gasteiger charge is -2.05. The number of hydrogen-bond donors (Lipinski definition) is 0. The van der Waals surface area contributed by atoms with Crippen molar-refractivity contribution in [2.75, 3.05) is 0 Å². The van der Waals surface area contributed by atoms with Gasteiger partial charge in [0.15, 0.2) is 5.78 Å². The third-order valence-corrected chi connectivity index (χ3v) is 3.68. The lowest BCUT2D eigenvalue weighted by molar-refractivity contribution is 0.103. The largest absolute Gasteiger partial charge is 0.289 e. The van der Waals surface area contributed by atoms with E-state index in [0.29, 0.717) is 16.1 Å². The summed E-state index contributed by atoms with van der Waals surface area (Å²) in [6, 6.07) is 12.4. The SMILES string of the molecule is O=C(c1cccc(Cl)c1)c1cc(Br)ccc1Br. The van der Waals surface area contributed by atoms with Crippen molar-refractivity contribution in [1.29, 1.82) is 0 Å². The predicted molar refractivity (Wildman–Crippen MR) is 76.7 cm³/mol. The van der Waals surface area contributed by atoms with Gasteiger partial charge >= 0.3 is 0 Å². The van der Waals surface area contributed by atoms with E-state index in [-0.39, 0.29) is 5.78 Å². The van der Waals surface area contributed by atoms with Crippen LogP contribution in [0, 0.1) is 0 Å². The van der Waals surface area contributed by atoms with E-state index < -0.39 is 0 Å². The highest BCUT2D eigenvalue weighted by molar-refractivity contribution is 9.11. The molecule has 0 aliphatic heterocycles. The normalized spacial score (nSPS) is 10.3. The summed E-state index contributed by atoms with van der Waals surface area (Å²) in [5.74, 6) is -0.0549. The minimum absolute atomic E-state index is 0.0549. The molecule has 0 unspecified atom stereocenters. The fourth-order valence-corrected chi connectivity index (χ4v) is 2.43. The highest BCUT2D eigenvalue weighted by atomic mass is 79.9. The highest BCUT2D eigenvalue weighted by Gasteiger charge is 2.13. The number of halogens is 3. The van der Waals surface area contributed by atoms with Crippen molar-refractivity contribution in [2.24, 2.45) is 0 Å². The number of carbonyl (C=O) groups is 1. The molecular weight excluding hydrogens is 367 g/mol. The second kappa shape index (κ2) is 5.34. The zero-order chi connectivity index (χ0) is 12.4. The third-order valence-electron chi connectivity index (χ3n) is 2.26. The molecule has 0 N–H and O–H groups in total. The molecule has 2 aromatic rings. The van der Waals surface area contributed by atoms with Crippen LogP contribution in [0.25, 0.3) is 0 Å². The number of carbonyl (C=O) groups excluding carboxylic acids is 1. The van der Waals surface area contributed by atoms with Gasteiger partial charge in [-0.15, -0.1) is 0 Å². The van der Waals surface area contributed by atoms with Crippen molar-refractivity contribution in [3.63, 3.8) is 0 Å². The quantitative estimate of drug-likeness (QED) is 0.669. The highest BCUT2D eigenvalue weighted by Crippen LogP contribution is 2.24. The lowest BCUT2D eigenvalue weighted by Crippen LogP contribution is -2.02. The molecule has 0 radical (unpaired) electrons. The van der Waals surface area contributed by atoms with Gasteiger partial charge in [0.1, 0.15) is 0 Å². The number of rotatable bonds is 2. The minimum atomic E-state index is -0.0549. The van der Waals surface area contributed by atoms with E-state index in [2.05, 4.69) is 31.9 Å². The average Bonchev–Trinajstić information content (AvgIpc) is 2.31. The molecule has 2 rings (SSSR count). The molecule has 0 bridgehead atoms. The molecule has 0 fully saturated rings. The Morgan fingerprint density at radius 2 is 1.82 bits per heavy atom. The minimum Gasteiger partial charge on any atom is -0.289 e. The molecule has 0 aromatic heterocycles. The van der Waals surface area contributed by atoms with Gasteiger partial charge in [0, 0.05) is 25.1 Å². The molecule has 86 valence electrons. The molecule has 0 saturated carbocycles. The van der Waals surface area contributed by atoms with Crippen LogP contribution in [0.2, 0.25) is 5.02 Å². The Kier molecular flexibility index (Phi) is 4.02. The molecular formula is C13H7Br2ClO. The Bertz CT molecular complexity index is 581. The summed E-state index contributed by atoms with van der Waals surface area (Å²) in [5.41, 5.74) is 1.19. The fourth-order valence-electron chi connectivity index (χ4n) is 1.46. The first-order valence-corrected chi connectivity index (χ1v) is 6.79. The summed E-state index contributed by atoms with van der Waals surface area (Å²) < 4.78 is 1.64. The van der Waals surface area contributed by atoms with Crippen LogP contribution in [0.4, 0.5) is 0 Å². The number of hydrogen-bond acceptors (Lipinski definition) is 1. The molecule has 1 nitrogen and oxygen atoms in total.